The molecule has 0 saturated heterocycles. The number of amides is 2. The molecule has 0 fully saturated rings. The number of hydrogen-bond donors (Lipinski definition) is 0. The SMILES string of the molecule is COc1ccccc1C1=C(Sc2ccc(Cl)cc2)C(=O)N(c2cc(C)cc(C)c2)C1=O. The van der Waals surface area contributed by atoms with Crippen LogP contribution in [0.15, 0.2) is 76.5 Å². The molecular formula is C25H20ClNO3S. The number of carbonyl (C=O) groups excluding carboxylic acids is 2. The third-order valence-corrected chi connectivity index (χ3v) is 6.26. The first-order valence-electron chi connectivity index (χ1n) is 9.67. The monoisotopic (exact) mass is 449 g/mol. The molecule has 0 saturated carbocycles. The number of para-hydroxylation sites is 1. The van der Waals surface area contributed by atoms with Gasteiger partial charge in [-0.1, -0.05) is 47.6 Å². The number of thioether (sulfide) groups is 1. The summed E-state index contributed by atoms with van der Waals surface area (Å²) in [5, 5.41) is 0.606. The Labute approximate surface area is 190 Å². The third-order valence-electron chi connectivity index (χ3n) is 4.92. The van der Waals surface area contributed by atoms with Crippen molar-refractivity contribution in [3.8, 4) is 5.75 Å². The van der Waals surface area contributed by atoms with Gasteiger partial charge in [-0.05, 0) is 67.4 Å². The molecule has 3 aromatic carbocycles. The maximum atomic E-state index is 13.6. The smallest absolute Gasteiger partial charge is 0.272 e. The Bertz CT molecular complexity index is 1200. The van der Waals surface area contributed by atoms with E-state index in [1.165, 1.54) is 16.7 Å². The summed E-state index contributed by atoms with van der Waals surface area (Å²) in [6, 6.07) is 20.1. The average Bonchev–Trinajstić information content (AvgIpc) is 2.98. The van der Waals surface area contributed by atoms with Crippen molar-refractivity contribution in [3.63, 3.8) is 0 Å². The van der Waals surface area contributed by atoms with Crippen LogP contribution in [0.1, 0.15) is 16.7 Å². The van der Waals surface area contributed by atoms with Gasteiger partial charge in [0.25, 0.3) is 11.8 Å². The molecule has 31 heavy (non-hydrogen) atoms. The summed E-state index contributed by atoms with van der Waals surface area (Å²) in [7, 11) is 1.55. The zero-order valence-electron chi connectivity index (χ0n) is 17.3. The molecule has 6 heteroatoms. The standard InChI is InChI=1S/C25H20ClNO3S/c1-15-12-16(2)14-18(13-15)27-24(28)22(20-6-4-5-7-21(20)30-3)23(25(27)29)31-19-10-8-17(26)9-11-19/h4-14H,1-3H3. The van der Waals surface area contributed by atoms with Gasteiger partial charge in [0, 0.05) is 15.5 Å². The lowest BCUT2D eigenvalue weighted by Gasteiger charge is -2.17. The normalized spacial score (nSPS) is 13.9. The summed E-state index contributed by atoms with van der Waals surface area (Å²) in [4.78, 5) is 29.6. The Hall–Kier alpha value is -3.02. The average molecular weight is 450 g/mol. The highest BCUT2D eigenvalue weighted by molar-refractivity contribution is 8.04. The topological polar surface area (TPSA) is 46.6 Å². The number of benzene rings is 3. The Morgan fingerprint density at radius 2 is 1.52 bits per heavy atom. The molecule has 0 bridgehead atoms. The van der Waals surface area contributed by atoms with Crippen LogP contribution in [0.5, 0.6) is 5.75 Å². The van der Waals surface area contributed by atoms with E-state index in [-0.39, 0.29) is 11.8 Å². The minimum absolute atomic E-state index is 0.335. The van der Waals surface area contributed by atoms with E-state index in [4.69, 9.17) is 16.3 Å². The van der Waals surface area contributed by atoms with Crippen LogP contribution in [0.4, 0.5) is 5.69 Å². The second-order valence-corrected chi connectivity index (χ2v) is 8.77. The number of methoxy groups -OCH3 is 1. The van der Waals surface area contributed by atoms with Gasteiger partial charge in [0.2, 0.25) is 0 Å². The molecule has 4 nitrogen and oxygen atoms in total. The highest BCUT2D eigenvalue weighted by atomic mass is 35.5. The fraction of sp³-hybridized carbons (Fsp3) is 0.120. The second-order valence-electron chi connectivity index (χ2n) is 7.25. The molecule has 0 aliphatic carbocycles. The number of ether oxygens (including phenoxy) is 1. The zero-order chi connectivity index (χ0) is 22.1. The summed E-state index contributed by atoms with van der Waals surface area (Å²) in [6.07, 6.45) is 0. The van der Waals surface area contributed by atoms with Crippen LogP contribution in [-0.2, 0) is 9.59 Å². The molecule has 0 radical (unpaired) electrons. The van der Waals surface area contributed by atoms with Gasteiger partial charge in [0.15, 0.2) is 0 Å². The molecule has 0 atom stereocenters. The molecule has 0 aromatic heterocycles. The van der Waals surface area contributed by atoms with Crippen molar-refractivity contribution < 1.29 is 14.3 Å². The molecule has 0 spiro atoms. The van der Waals surface area contributed by atoms with Gasteiger partial charge in [0.1, 0.15) is 5.75 Å². The Morgan fingerprint density at radius 1 is 0.871 bits per heavy atom. The second kappa shape index (κ2) is 8.61. The Kier molecular flexibility index (Phi) is 5.90. The lowest BCUT2D eigenvalue weighted by Crippen LogP contribution is -2.31. The van der Waals surface area contributed by atoms with E-state index in [9.17, 15) is 9.59 Å². The van der Waals surface area contributed by atoms with E-state index in [0.29, 0.717) is 32.5 Å². The number of aryl methyl sites for hydroxylation is 2. The van der Waals surface area contributed by atoms with Gasteiger partial charge in [-0.15, -0.1) is 0 Å². The van der Waals surface area contributed by atoms with Crippen LogP contribution in [0, 0.1) is 13.8 Å². The number of rotatable bonds is 5. The highest BCUT2D eigenvalue weighted by Crippen LogP contribution is 2.43. The predicted octanol–water partition coefficient (Wildman–Crippen LogP) is 6.04. The number of anilines is 1. The van der Waals surface area contributed by atoms with E-state index in [0.717, 1.165) is 16.0 Å². The van der Waals surface area contributed by atoms with E-state index < -0.39 is 0 Å². The van der Waals surface area contributed by atoms with Crippen LogP contribution >= 0.6 is 23.4 Å². The van der Waals surface area contributed by atoms with Gasteiger partial charge >= 0.3 is 0 Å². The van der Waals surface area contributed by atoms with Crippen molar-refractivity contribution in [3.05, 3.63) is 93.3 Å². The molecule has 0 N–H and O–H groups in total. The third kappa shape index (κ3) is 4.11. The van der Waals surface area contributed by atoms with Gasteiger partial charge < -0.3 is 4.74 Å². The number of halogens is 1. The molecule has 1 aliphatic rings. The molecule has 4 rings (SSSR count). The number of carbonyl (C=O) groups is 2. The van der Waals surface area contributed by atoms with Crippen molar-refractivity contribution >= 4 is 46.4 Å². The van der Waals surface area contributed by atoms with Gasteiger partial charge in [0.05, 0.1) is 23.3 Å². The van der Waals surface area contributed by atoms with Gasteiger partial charge in [-0.25, -0.2) is 4.90 Å². The maximum absolute atomic E-state index is 13.6. The van der Waals surface area contributed by atoms with Crippen molar-refractivity contribution in [2.75, 3.05) is 12.0 Å². The van der Waals surface area contributed by atoms with E-state index >= 15 is 0 Å². The van der Waals surface area contributed by atoms with Crippen LogP contribution in [0.2, 0.25) is 5.02 Å². The lowest BCUT2D eigenvalue weighted by atomic mass is 10.0. The van der Waals surface area contributed by atoms with Gasteiger partial charge in [-0.2, -0.15) is 0 Å². The van der Waals surface area contributed by atoms with Crippen molar-refractivity contribution in [1.82, 2.24) is 0 Å². The molecule has 156 valence electrons. The molecule has 1 heterocycles. The maximum Gasteiger partial charge on any atom is 0.272 e. The van der Waals surface area contributed by atoms with Crippen LogP contribution in [-0.4, -0.2) is 18.9 Å². The zero-order valence-corrected chi connectivity index (χ0v) is 18.9. The molecule has 0 unspecified atom stereocenters. The van der Waals surface area contributed by atoms with Crippen LogP contribution in [0.25, 0.3) is 5.57 Å². The van der Waals surface area contributed by atoms with Crippen molar-refractivity contribution in [2.45, 2.75) is 18.7 Å². The highest BCUT2D eigenvalue weighted by Gasteiger charge is 2.41. The minimum Gasteiger partial charge on any atom is -0.496 e. The largest absolute Gasteiger partial charge is 0.496 e. The lowest BCUT2D eigenvalue weighted by molar-refractivity contribution is -0.119. The molecule has 3 aromatic rings. The first-order valence-corrected chi connectivity index (χ1v) is 10.9. The van der Waals surface area contributed by atoms with Crippen molar-refractivity contribution in [2.24, 2.45) is 0 Å². The molecular weight excluding hydrogens is 430 g/mol. The fourth-order valence-corrected chi connectivity index (χ4v) is 4.74. The summed E-state index contributed by atoms with van der Waals surface area (Å²) < 4.78 is 5.49. The van der Waals surface area contributed by atoms with Crippen LogP contribution < -0.4 is 9.64 Å². The van der Waals surface area contributed by atoms with E-state index in [1.807, 2.05) is 56.3 Å². The molecule has 1 aliphatic heterocycles. The Morgan fingerprint density at radius 3 is 2.16 bits per heavy atom. The first-order chi connectivity index (χ1) is 14.9. The summed E-state index contributed by atoms with van der Waals surface area (Å²) in [5.74, 6) is -0.179. The van der Waals surface area contributed by atoms with Crippen LogP contribution in [0.3, 0.4) is 0 Å². The number of nitrogens with zero attached hydrogens (tertiary/aromatic N) is 1. The Balaban J connectivity index is 1.87. The summed E-state index contributed by atoms with van der Waals surface area (Å²) in [5.41, 5.74) is 3.45. The number of hydrogen-bond acceptors (Lipinski definition) is 4. The minimum atomic E-state index is -0.365. The molecule has 2 amide bonds. The van der Waals surface area contributed by atoms with E-state index in [2.05, 4.69) is 0 Å². The first kappa shape index (κ1) is 21.2. The van der Waals surface area contributed by atoms with Gasteiger partial charge in [-0.3, -0.25) is 9.59 Å². The van der Waals surface area contributed by atoms with Crippen molar-refractivity contribution in [1.29, 1.82) is 0 Å². The summed E-state index contributed by atoms with van der Waals surface area (Å²) >= 11 is 7.26. The van der Waals surface area contributed by atoms with E-state index in [1.54, 1.807) is 31.4 Å². The predicted molar refractivity (Wildman–Crippen MR) is 126 cm³/mol. The summed E-state index contributed by atoms with van der Waals surface area (Å²) in [6.45, 7) is 3.89. The number of imide groups is 1. The quantitative estimate of drug-likeness (QED) is 0.445. The fourth-order valence-electron chi connectivity index (χ4n) is 3.63.